The molecule has 1 N–H and O–H groups in total. The highest BCUT2D eigenvalue weighted by atomic mass is 16.2. The minimum atomic E-state index is 0.280. The van der Waals surface area contributed by atoms with Crippen molar-refractivity contribution in [1.82, 2.24) is 14.9 Å². The smallest absolute Gasteiger partial charge is 0.223 e. The monoisotopic (exact) mass is 311 g/mol. The van der Waals surface area contributed by atoms with Crippen LogP contribution < -0.4 is 5.32 Å². The van der Waals surface area contributed by atoms with Crippen LogP contribution in [-0.4, -0.2) is 22.0 Å². The van der Waals surface area contributed by atoms with Crippen molar-refractivity contribution in [2.24, 2.45) is 18.9 Å². The van der Waals surface area contributed by atoms with Gasteiger partial charge in [-0.1, -0.05) is 12.1 Å². The molecule has 0 radical (unpaired) electrons. The molecule has 1 heterocycles. The quantitative estimate of drug-likeness (QED) is 0.941. The van der Waals surface area contributed by atoms with E-state index in [1.165, 1.54) is 37.0 Å². The molecule has 4 rings (SSSR count). The van der Waals surface area contributed by atoms with Crippen LogP contribution in [0.5, 0.6) is 0 Å². The number of rotatable bonds is 4. The number of benzene rings is 1. The summed E-state index contributed by atoms with van der Waals surface area (Å²) in [5, 5.41) is 3.14. The number of carbonyl (C=O) groups excluding carboxylic acids is 1. The third-order valence-corrected chi connectivity index (χ3v) is 5.55. The number of aromatic nitrogens is 2. The Morgan fingerprint density at radius 1 is 1.17 bits per heavy atom. The highest BCUT2D eigenvalue weighted by Gasteiger charge is 2.31. The van der Waals surface area contributed by atoms with Gasteiger partial charge in [-0.05, 0) is 56.6 Å². The SMILES string of the molecule is Cn1c(C2CCC(CNC(=O)C3CC3)CC2)nc2ccccc21. The standard InChI is InChI=1S/C19H25N3O/c1-22-17-5-3-2-4-16(17)21-18(22)14-8-6-13(7-9-14)12-20-19(23)15-10-11-15/h2-5,13-15H,6-12H2,1H3,(H,20,23). The summed E-state index contributed by atoms with van der Waals surface area (Å²) < 4.78 is 2.26. The highest BCUT2D eigenvalue weighted by molar-refractivity contribution is 5.80. The second-order valence-corrected chi connectivity index (χ2v) is 7.25. The maximum atomic E-state index is 11.8. The van der Waals surface area contributed by atoms with Crippen molar-refractivity contribution in [3.63, 3.8) is 0 Å². The number of aryl methyl sites for hydroxylation is 1. The molecule has 4 heteroatoms. The van der Waals surface area contributed by atoms with Crippen molar-refractivity contribution in [2.45, 2.75) is 44.4 Å². The van der Waals surface area contributed by atoms with Crippen LogP contribution in [0.15, 0.2) is 24.3 Å². The van der Waals surface area contributed by atoms with Crippen molar-refractivity contribution in [1.29, 1.82) is 0 Å². The summed E-state index contributed by atoms with van der Waals surface area (Å²) in [4.78, 5) is 16.6. The fourth-order valence-electron chi connectivity index (χ4n) is 3.89. The fourth-order valence-corrected chi connectivity index (χ4v) is 3.89. The number of para-hydroxylation sites is 2. The van der Waals surface area contributed by atoms with E-state index in [0.29, 0.717) is 17.8 Å². The molecule has 1 amide bonds. The molecule has 1 aromatic carbocycles. The molecule has 2 aliphatic carbocycles. The molecule has 1 aromatic heterocycles. The summed E-state index contributed by atoms with van der Waals surface area (Å²) in [5.41, 5.74) is 2.32. The Morgan fingerprint density at radius 3 is 2.61 bits per heavy atom. The Hall–Kier alpha value is -1.84. The Labute approximate surface area is 137 Å². The molecule has 2 fully saturated rings. The van der Waals surface area contributed by atoms with E-state index in [2.05, 4.69) is 41.2 Å². The number of nitrogens with zero attached hydrogens (tertiary/aromatic N) is 2. The molecule has 0 spiro atoms. The topological polar surface area (TPSA) is 46.9 Å². The number of fused-ring (bicyclic) bond motifs is 1. The van der Waals surface area contributed by atoms with Gasteiger partial charge in [-0.25, -0.2) is 4.98 Å². The average Bonchev–Trinajstić information content (AvgIpc) is 3.38. The summed E-state index contributed by atoms with van der Waals surface area (Å²) >= 11 is 0. The lowest BCUT2D eigenvalue weighted by Crippen LogP contribution is -2.32. The first kappa shape index (κ1) is 14.7. The van der Waals surface area contributed by atoms with Crippen molar-refractivity contribution in [2.75, 3.05) is 6.54 Å². The first-order valence-electron chi connectivity index (χ1n) is 8.91. The van der Waals surface area contributed by atoms with Crippen LogP contribution in [0.2, 0.25) is 0 Å². The van der Waals surface area contributed by atoms with Crippen LogP contribution in [-0.2, 0) is 11.8 Å². The zero-order valence-electron chi connectivity index (χ0n) is 13.8. The van der Waals surface area contributed by atoms with E-state index in [4.69, 9.17) is 4.98 Å². The zero-order valence-corrected chi connectivity index (χ0v) is 13.8. The summed E-state index contributed by atoms with van der Waals surface area (Å²) in [6.45, 7) is 0.866. The molecular formula is C19H25N3O. The predicted octanol–water partition coefficient (Wildman–Crippen LogP) is 3.37. The van der Waals surface area contributed by atoms with E-state index in [-0.39, 0.29) is 5.91 Å². The molecule has 2 saturated carbocycles. The van der Waals surface area contributed by atoms with Gasteiger partial charge in [0.05, 0.1) is 11.0 Å². The van der Waals surface area contributed by atoms with Gasteiger partial charge in [0, 0.05) is 25.4 Å². The molecule has 2 aromatic rings. The summed E-state index contributed by atoms with van der Waals surface area (Å²) in [5.74, 6) is 3.03. The van der Waals surface area contributed by atoms with E-state index >= 15 is 0 Å². The molecule has 122 valence electrons. The predicted molar refractivity (Wildman–Crippen MR) is 91.1 cm³/mol. The molecule has 0 atom stereocenters. The Bertz CT molecular complexity index is 708. The van der Waals surface area contributed by atoms with E-state index in [1.54, 1.807) is 0 Å². The Balaban J connectivity index is 1.36. The van der Waals surface area contributed by atoms with E-state index in [0.717, 1.165) is 24.9 Å². The molecule has 0 aliphatic heterocycles. The lowest BCUT2D eigenvalue weighted by molar-refractivity contribution is -0.122. The van der Waals surface area contributed by atoms with E-state index < -0.39 is 0 Å². The zero-order chi connectivity index (χ0) is 15.8. The van der Waals surface area contributed by atoms with Gasteiger partial charge in [-0.3, -0.25) is 4.79 Å². The van der Waals surface area contributed by atoms with Gasteiger partial charge in [0.15, 0.2) is 0 Å². The highest BCUT2D eigenvalue weighted by Crippen LogP contribution is 2.36. The lowest BCUT2D eigenvalue weighted by Gasteiger charge is -2.28. The van der Waals surface area contributed by atoms with Crippen LogP contribution in [0.4, 0.5) is 0 Å². The fraction of sp³-hybridized carbons (Fsp3) is 0.579. The van der Waals surface area contributed by atoms with Crippen molar-refractivity contribution >= 4 is 16.9 Å². The number of hydrogen-bond acceptors (Lipinski definition) is 2. The van der Waals surface area contributed by atoms with Crippen LogP contribution in [0.25, 0.3) is 11.0 Å². The molecule has 0 saturated heterocycles. The number of nitrogens with one attached hydrogen (secondary N) is 1. The van der Waals surface area contributed by atoms with Crippen LogP contribution in [0.1, 0.15) is 50.3 Å². The molecule has 23 heavy (non-hydrogen) atoms. The first-order valence-corrected chi connectivity index (χ1v) is 8.91. The largest absolute Gasteiger partial charge is 0.356 e. The van der Waals surface area contributed by atoms with Gasteiger partial charge in [0.25, 0.3) is 0 Å². The minimum Gasteiger partial charge on any atom is -0.356 e. The van der Waals surface area contributed by atoms with Crippen molar-refractivity contribution in [3.05, 3.63) is 30.1 Å². The average molecular weight is 311 g/mol. The van der Waals surface area contributed by atoms with Gasteiger partial charge in [0.2, 0.25) is 5.91 Å². The maximum Gasteiger partial charge on any atom is 0.223 e. The molecular weight excluding hydrogens is 286 g/mol. The number of hydrogen-bond donors (Lipinski definition) is 1. The number of carbonyl (C=O) groups is 1. The Morgan fingerprint density at radius 2 is 1.91 bits per heavy atom. The molecule has 4 nitrogen and oxygen atoms in total. The second-order valence-electron chi connectivity index (χ2n) is 7.25. The van der Waals surface area contributed by atoms with Gasteiger partial charge >= 0.3 is 0 Å². The first-order chi connectivity index (χ1) is 11.2. The number of imidazole rings is 1. The number of amides is 1. The van der Waals surface area contributed by atoms with E-state index in [1.807, 2.05) is 0 Å². The molecule has 0 unspecified atom stereocenters. The van der Waals surface area contributed by atoms with Crippen molar-refractivity contribution in [3.8, 4) is 0 Å². The van der Waals surface area contributed by atoms with E-state index in [9.17, 15) is 4.79 Å². The van der Waals surface area contributed by atoms with Crippen LogP contribution >= 0.6 is 0 Å². The minimum absolute atomic E-state index is 0.280. The third-order valence-electron chi connectivity index (χ3n) is 5.55. The summed E-state index contributed by atoms with van der Waals surface area (Å²) in [6, 6.07) is 8.37. The summed E-state index contributed by atoms with van der Waals surface area (Å²) in [6.07, 6.45) is 6.93. The van der Waals surface area contributed by atoms with Gasteiger partial charge in [0.1, 0.15) is 5.82 Å². The van der Waals surface area contributed by atoms with Gasteiger partial charge < -0.3 is 9.88 Å². The molecule has 0 bridgehead atoms. The van der Waals surface area contributed by atoms with Crippen molar-refractivity contribution < 1.29 is 4.79 Å². The Kier molecular flexibility index (Phi) is 3.83. The molecule has 2 aliphatic rings. The second kappa shape index (κ2) is 5.99. The third kappa shape index (κ3) is 2.99. The van der Waals surface area contributed by atoms with Gasteiger partial charge in [-0.15, -0.1) is 0 Å². The van der Waals surface area contributed by atoms with Gasteiger partial charge in [-0.2, -0.15) is 0 Å². The van der Waals surface area contributed by atoms with Crippen LogP contribution in [0.3, 0.4) is 0 Å². The maximum absolute atomic E-state index is 11.8. The summed E-state index contributed by atoms with van der Waals surface area (Å²) in [7, 11) is 2.13. The normalized spacial score (nSPS) is 24.7. The lowest BCUT2D eigenvalue weighted by atomic mass is 9.81. The van der Waals surface area contributed by atoms with Crippen LogP contribution in [0, 0.1) is 11.8 Å².